The van der Waals surface area contributed by atoms with Crippen molar-refractivity contribution in [1.29, 1.82) is 0 Å². The molecule has 0 aliphatic rings. The van der Waals surface area contributed by atoms with Gasteiger partial charge in [-0.3, -0.25) is 5.01 Å². The summed E-state index contributed by atoms with van der Waals surface area (Å²) in [5.41, 5.74) is 5.60. The number of phenols is 1. The van der Waals surface area contributed by atoms with Crippen molar-refractivity contribution in [2.24, 2.45) is 5.92 Å². The van der Waals surface area contributed by atoms with Gasteiger partial charge in [-0.25, -0.2) is 20.1 Å². The fourth-order valence-corrected chi connectivity index (χ4v) is 2.93. The average Bonchev–Trinajstić information content (AvgIpc) is 3.10. The Morgan fingerprint density at radius 3 is 2.75 bits per heavy atom. The lowest BCUT2D eigenvalue weighted by atomic mass is 10.1. The third kappa shape index (κ3) is 4.55. The highest BCUT2D eigenvalue weighted by Gasteiger charge is 2.19. The molecule has 0 bridgehead atoms. The van der Waals surface area contributed by atoms with E-state index < -0.39 is 0 Å². The summed E-state index contributed by atoms with van der Waals surface area (Å²) in [6.07, 6.45) is 2.21. The number of hydrazine groups is 1. The minimum atomic E-state index is 0.129. The van der Waals surface area contributed by atoms with Crippen LogP contribution in [-0.4, -0.2) is 48.3 Å². The third-order valence-corrected chi connectivity index (χ3v) is 4.49. The molecule has 9 nitrogen and oxygen atoms in total. The number of aromatic hydroxyl groups is 1. The van der Waals surface area contributed by atoms with Gasteiger partial charge in [0.15, 0.2) is 17.0 Å². The van der Waals surface area contributed by atoms with Crippen molar-refractivity contribution in [2.45, 2.75) is 39.8 Å². The minimum Gasteiger partial charge on any atom is -0.508 e. The van der Waals surface area contributed by atoms with Gasteiger partial charge in [0.25, 0.3) is 0 Å². The van der Waals surface area contributed by atoms with Crippen molar-refractivity contribution in [1.82, 2.24) is 30.4 Å². The summed E-state index contributed by atoms with van der Waals surface area (Å²) < 4.78 is 1.77. The number of phenolic OH excluding ortho intramolecular Hbond substituents is 1. The molecular weight excluding hydrogens is 358 g/mol. The molecule has 3 aromatic rings. The van der Waals surface area contributed by atoms with Crippen LogP contribution in [0.15, 0.2) is 30.6 Å². The van der Waals surface area contributed by atoms with E-state index in [1.165, 1.54) is 6.33 Å². The molecule has 0 radical (unpaired) electrons. The van der Waals surface area contributed by atoms with Gasteiger partial charge in [0.2, 0.25) is 0 Å². The van der Waals surface area contributed by atoms with Gasteiger partial charge in [0.05, 0.1) is 12.6 Å². The zero-order chi connectivity index (χ0) is 20.1. The van der Waals surface area contributed by atoms with Crippen LogP contribution in [-0.2, 0) is 6.54 Å². The fourth-order valence-electron chi connectivity index (χ4n) is 2.93. The maximum atomic E-state index is 9.80. The zero-order valence-corrected chi connectivity index (χ0v) is 16.4. The Bertz CT molecular complexity index is 912. The number of anilines is 1. The second kappa shape index (κ2) is 8.94. The Labute approximate surface area is 164 Å². The number of benzene rings is 1. The molecule has 2 heterocycles. The number of aliphatic hydroxyl groups is 1. The molecule has 0 spiro atoms. The van der Waals surface area contributed by atoms with Crippen LogP contribution in [0.3, 0.4) is 0 Å². The lowest BCUT2D eigenvalue weighted by Crippen LogP contribution is -2.41. The van der Waals surface area contributed by atoms with Crippen molar-refractivity contribution in [2.75, 3.05) is 18.2 Å². The second-order valence-corrected chi connectivity index (χ2v) is 7.23. The van der Waals surface area contributed by atoms with E-state index in [1.807, 2.05) is 31.0 Å². The first-order chi connectivity index (χ1) is 13.5. The number of aliphatic hydroxyl groups excluding tert-OH is 1. The number of fused-ring (bicyclic) bond motifs is 1. The minimum absolute atomic E-state index is 0.129. The van der Waals surface area contributed by atoms with Gasteiger partial charge < -0.3 is 10.2 Å². The first-order valence-corrected chi connectivity index (χ1v) is 9.45. The maximum absolute atomic E-state index is 9.80. The van der Waals surface area contributed by atoms with Gasteiger partial charge in [-0.05, 0) is 43.9 Å². The van der Waals surface area contributed by atoms with Crippen molar-refractivity contribution < 1.29 is 10.2 Å². The average molecular weight is 385 g/mol. The monoisotopic (exact) mass is 385 g/mol. The zero-order valence-electron chi connectivity index (χ0n) is 16.4. The molecule has 0 aliphatic carbocycles. The summed E-state index contributed by atoms with van der Waals surface area (Å²) in [6.45, 7) is 7.39. The van der Waals surface area contributed by atoms with Crippen LogP contribution >= 0.6 is 0 Å². The van der Waals surface area contributed by atoms with Crippen LogP contribution in [0.1, 0.15) is 38.8 Å². The van der Waals surface area contributed by atoms with Crippen LogP contribution in [0.25, 0.3) is 11.2 Å². The Balaban J connectivity index is 1.94. The number of aromatic nitrogens is 5. The second-order valence-electron chi connectivity index (χ2n) is 7.23. The SMILES string of the molecule is CC(CCO)CNN(Cc1cccc(O)c1)c1ncnc2c1nnn2C(C)C. The Morgan fingerprint density at radius 2 is 2.04 bits per heavy atom. The fraction of sp³-hybridized carbons (Fsp3) is 0.474. The van der Waals surface area contributed by atoms with E-state index in [-0.39, 0.29) is 24.3 Å². The number of nitrogens with zero attached hydrogens (tertiary/aromatic N) is 6. The molecule has 1 aromatic carbocycles. The lowest BCUT2D eigenvalue weighted by Gasteiger charge is -2.26. The quantitative estimate of drug-likeness (QED) is 0.480. The number of hydrogen-bond donors (Lipinski definition) is 3. The van der Waals surface area contributed by atoms with E-state index in [4.69, 9.17) is 5.11 Å². The Kier molecular flexibility index (Phi) is 6.37. The van der Waals surface area contributed by atoms with Crippen molar-refractivity contribution in [3.05, 3.63) is 36.2 Å². The molecular formula is C19H27N7O2. The van der Waals surface area contributed by atoms with Gasteiger partial charge in [0.1, 0.15) is 12.1 Å². The van der Waals surface area contributed by atoms with E-state index in [1.54, 1.807) is 16.8 Å². The first kappa shape index (κ1) is 20.0. The summed E-state index contributed by atoms with van der Waals surface area (Å²) in [7, 11) is 0. The molecule has 150 valence electrons. The topological polar surface area (TPSA) is 112 Å². The van der Waals surface area contributed by atoms with Gasteiger partial charge in [0, 0.05) is 13.2 Å². The highest BCUT2D eigenvalue weighted by atomic mass is 16.3. The van der Waals surface area contributed by atoms with Crippen LogP contribution in [0.4, 0.5) is 5.82 Å². The molecule has 0 amide bonds. The highest BCUT2D eigenvalue weighted by Crippen LogP contribution is 2.23. The summed E-state index contributed by atoms with van der Waals surface area (Å²) in [6, 6.07) is 7.23. The standard InChI is InChI=1S/C19H27N7O2/c1-13(2)26-19-17(23-24-26)18(20-12-21-19)25(22-10-14(3)7-8-27)11-15-5-4-6-16(28)9-15/h4-6,9,12-14,22,27-28H,7-8,10-11H2,1-3H3. The molecule has 0 saturated heterocycles. The van der Waals surface area contributed by atoms with Crippen molar-refractivity contribution in [3.63, 3.8) is 0 Å². The van der Waals surface area contributed by atoms with Gasteiger partial charge in [-0.1, -0.05) is 24.3 Å². The van der Waals surface area contributed by atoms with E-state index in [9.17, 15) is 5.11 Å². The molecule has 9 heteroatoms. The number of hydrogen-bond acceptors (Lipinski definition) is 8. The molecule has 1 atom stereocenters. The van der Waals surface area contributed by atoms with E-state index >= 15 is 0 Å². The number of nitrogens with one attached hydrogen (secondary N) is 1. The highest BCUT2D eigenvalue weighted by molar-refractivity contribution is 5.82. The largest absolute Gasteiger partial charge is 0.508 e. The lowest BCUT2D eigenvalue weighted by molar-refractivity contribution is 0.259. The van der Waals surface area contributed by atoms with Crippen molar-refractivity contribution in [3.8, 4) is 5.75 Å². The molecule has 3 N–H and O–H groups in total. The molecule has 3 rings (SSSR count). The van der Waals surface area contributed by atoms with Crippen molar-refractivity contribution >= 4 is 17.0 Å². The first-order valence-electron chi connectivity index (χ1n) is 9.45. The van der Waals surface area contributed by atoms with E-state index in [0.29, 0.717) is 36.5 Å². The van der Waals surface area contributed by atoms with Gasteiger partial charge in [-0.15, -0.1) is 5.10 Å². The normalized spacial score (nSPS) is 12.6. The van der Waals surface area contributed by atoms with E-state index in [2.05, 4.69) is 32.6 Å². The third-order valence-electron chi connectivity index (χ3n) is 4.49. The smallest absolute Gasteiger partial charge is 0.184 e. The molecule has 1 unspecified atom stereocenters. The number of rotatable bonds is 9. The Hall–Kier alpha value is -2.78. The Morgan fingerprint density at radius 1 is 1.21 bits per heavy atom. The van der Waals surface area contributed by atoms with Crippen LogP contribution in [0.2, 0.25) is 0 Å². The maximum Gasteiger partial charge on any atom is 0.184 e. The van der Waals surface area contributed by atoms with Gasteiger partial charge in [-0.2, -0.15) is 0 Å². The molecule has 0 fully saturated rings. The molecule has 28 heavy (non-hydrogen) atoms. The molecule has 0 saturated carbocycles. The predicted octanol–water partition coefficient (Wildman–Crippen LogP) is 2.04. The summed E-state index contributed by atoms with van der Waals surface area (Å²) in [4.78, 5) is 8.80. The summed E-state index contributed by atoms with van der Waals surface area (Å²) in [5.74, 6) is 1.11. The van der Waals surface area contributed by atoms with Crippen LogP contribution < -0.4 is 10.4 Å². The molecule has 2 aromatic heterocycles. The van der Waals surface area contributed by atoms with E-state index in [0.717, 1.165) is 5.56 Å². The summed E-state index contributed by atoms with van der Waals surface area (Å²) >= 11 is 0. The summed E-state index contributed by atoms with van der Waals surface area (Å²) in [5, 5.41) is 29.4. The van der Waals surface area contributed by atoms with Crippen LogP contribution in [0.5, 0.6) is 5.75 Å². The van der Waals surface area contributed by atoms with Gasteiger partial charge >= 0.3 is 0 Å². The molecule has 0 aliphatic heterocycles. The van der Waals surface area contributed by atoms with Crippen LogP contribution in [0, 0.1) is 5.92 Å². The predicted molar refractivity (Wildman–Crippen MR) is 107 cm³/mol.